The first-order valence-corrected chi connectivity index (χ1v) is 12.8. The SMILES string of the molecule is CCCCc1cccc(-c2cc(CCCCCCCCCCN)nn2-c2ccccc2)c1. The van der Waals surface area contributed by atoms with E-state index in [4.69, 9.17) is 10.8 Å². The molecule has 0 aliphatic rings. The fourth-order valence-corrected chi connectivity index (χ4v) is 4.30. The van der Waals surface area contributed by atoms with Crippen molar-refractivity contribution in [3.05, 3.63) is 71.9 Å². The van der Waals surface area contributed by atoms with Crippen molar-refractivity contribution in [3.63, 3.8) is 0 Å². The summed E-state index contributed by atoms with van der Waals surface area (Å²) in [5.74, 6) is 0. The van der Waals surface area contributed by atoms with E-state index in [2.05, 4.69) is 72.3 Å². The Morgan fingerprint density at radius 3 is 2.16 bits per heavy atom. The van der Waals surface area contributed by atoms with Crippen LogP contribution in [0.15, 0.2) is 60.7 Å². The lowest BCUT2D eigenvalue weighted by atomic mass is 10.0. The van der Waals surface area contributed by atoms with Gasteiger partial charge in [0.25, 0.3) is 0 Å². The molecule has 3 heteroatoms. The highest BCUT2D eigenvalue weighted by Gasteiger charge is 2.12. The number of hydrogen-bond donors (Lipinski definition) is 1. The van der Waals surface area contributed by atoms with E-state index in [0.29, 0.717) is 0 Å². The monoisotopic (exact) mass is 431 g/mol. The maximum Gasteiger partial charge on any atom is 0.0743 e. The molecule has 0 fully saturated rings. The summed E-state index contributed by atoms with van der Waals surface area (Å²) in [6, 6.07) is 21.8. The second kappa shape index (κ2) is 13.9. The summed E-state index contributed by atoms with van der Waals surface area (Å²) in [7, 11) is 0. The van der Waals surface area contributed by atoms with Crippen molar-refractivity contribution >= 4 is 0 Å². The average Bonchev–Trinajstić information content (AvgIpc) is 3.27. The van der Waals surface area contributed by atoms with Gasteiger partial charge in [-0.15, -0.1) is 0 Å². The zero-order chi connectivity index (χ0) is 22.4. The first kappa shape index (κ1) is 24.3. The van der Waals surface area contributed by atoms with E-state index in [-0.39, 0.29) is 0 Å². The van der Waals surface area contributed by atoms with Crippen LogP contribution in [0.1, 0.15) is 82.4 Å². The zero-order valence-electron chi connectivity index (χ0n) is 19.9. The van der Waals surface area contributed by atoms with Gasteiger partial charge in [0.15, 0.2) is 0 Å². The van der Waals surface area contributed by atoms with Crippen LogP contribution in [0.4, 0.5) is 0 Å². The molecule has 3 nitrogen and oxygen atoms in total. The topological polar surface area (TPSA) is 43.8 Å². The van der Waals surface area contributed by atoms with E-state index in [1.165, 1.54) is 86.7 Å². The van der Waals surface area contributed by atoms with Gasteiger partial charge in [0.05, 0.1) is 17.1 Å². The molecule has 3 aromatic rings. The van der Waals surface area contributed by atoms with Gasteiger partial charge in [-0.05, 0) is 68.5 Å². The number of rotatable bonds is 15. The summed E-state index contributed by atoms with van der Waals surface area (Å²) in [5.41, 5.74) is 11.8. The number of nitrogens with two attached hydrogens (primary N) is 1. The molecule has 0 radical (unpaired) electrons. The Balaban J connectivity index is 1.64. The molecule has 0 saturated carbocycles. The van der Waals surface area contributed by atoms with Crippen LogP contribution >= 0.6 is 0 Å². The summed E-state index contributed by atoms with van der Waals surface area (Å²) >= 11 is 0. The number of hydrogen-bond acceptors (Lipinski definition) is 2. The predicted octanol–water partition coefficient (Wildman–Crippen LogP) is 7.50. The minimum absolute atomic E-state index is 0.834. The van der Waals surface area contributed by atoms with Crippen LogP contribution in [0.3, 0.4) is 0 Å². The van der Waals surface area contributed by atoms with E-state index in [0.717, 1.165) is 25.1 Å². The van der Waals surface area contributed by atoms with Crippen molar-refractivity contribution in [3.8, 4) is 16.9 Å². The maximum atomic E-state index is 5.57. The number of para-hydroxylation sites is 1. The summed E-state index contributed by atoms with van der Waals surface area (Å²) < 4.78 is 2.13. The van der Waals surface area contributed by atoms with Crippen LogP contribution in [-0.2, 0) is 12.8 Å². The molecule has 0 amide bonds. The summed E-state index contributed by atoms with van der Waals surface area (Å²) in [5, 5.41) is 5.02. The summed E-state index contributed by atoms with van der Waals surface area (Å²) in [4.78, 5) is 0. The number of nitrogens with zero attached hydrogens (tertiary/aromatic N) is 2. The number of benzene rings is 2. The van der Waals surface area contributed by atoms with Gasteiger partial charge in [-0.25, -0.2) is 4.68 Å². The van der Waals surface area contributed by atoms with Crippen molar-refractivity contribution < 1.29 is 0 Å². The highest BCUT2D eigenvalue weighted by atomic mass is 15.3. The molecule has 0 aliphatic carbocycles. The third-order valence-corrected chi connectivity index (χ3v) is 6.19. The minimum atomic E-state index is 0.834. The molecular formula is C29H41N3. The number of aryl methyl sites for hydroxylation is 2. The zero-order valence-corrected chi connectivity index (χ0v) is 19.9. The highest BCUT2D eigenvalue weighted by molar-refractivity contribution is 5.63. The van der Waals surface area contributed by atoms with Crippen LogP contribution in [0.5, 0.6) is 0 Å². The van der Waals surface area contributed by atoms with Gasteiger partial charge >= 0.3 is 0 Å². The molecule has 1 aromatic heterocycles. The Morgan fingerprint density at radius 2 is 1.44 bits per heavy atom. The lowest BCUT2D eigenvalue weighted by molar-refractivity contribution is 0.568. The fraction of sp³-hybridized carbons (Fsp3) is 0.483. The third-order valence-electron chi connectivity index (χ3n) is 6.19. The lowest BCUT2D eigenvalue weighted by Gasteiger charge is -2.09. The molecular weight excluding hydrogens is 390 g/mol. The van der Waals surface area contributed by atoms with Crippen LogP contribution in [0.25, 0.3) is 16.9 Å². The molecule has 3 rings (SSSR count). The second-order valence-electron chi connectivity index (χ2n) is 8.94. The fourth-order valence-electron chi connectivity index (χ4n) is 4.30. The minimum Gasteiger partial charge on any atom is -0.330 e. The quantitative estimate of drug-likeness (QED) is 0.253. The van der Waals surface area contributed by atoms with Crippen LogP contribution in [0.2, 0.25) is 0 Å². The van der Waals surface area contributed by atoms with Crippen molar-refractivity contribution in [1.82, 2.24) is 9.78 Å². The molecule has 2 aromatic carbocycles. The predicted molar refractivity (Wildman–Crippen MR) is 137 cm³/mol. The van der Waals surface area contributed by atoms with Crippen LogP contribution in [0, 0.1) is 0 Å². The molecule has 0 aliphatic heterocycles. The molecule has 0 saturated heterocycles. The van der Waals surface area contributed by atoms with Gasteiger partial charge < -0.3 is 5.73 Å². The second-order valence-corrected chi connectivity index (χ2v) is 8.94. The van der Waals surface area contributed by atoms with E-state index < -0.39 is 0 Å². The Kier molecular flexibility index (Phi) is 10.5. The van der Waals surface area contributed by atoms with E-state index in [1.807, 2.05) is 0 Å². The highest BCUT2D eigenvalue weighted by Crippen LogP contribution is 2.26. The Bertz CT molecular complexity index is 898. The Hall–Kier alpha value is -2.39. The van der Waals surface area contributed by atoms with Gasteiger partial charge in [-0.3, -0.25) is 0 Å². The third kappa shape index (κ3) is 7.63. The Labute approximate surface area is 195 Å². The first-order chi connectivity index (χ1) is 15.8. The smallest absolute Gasteiger partial charge is 0.0743 e. The number of aromatic nitrogens is 2. The largest absolute Gasteiger partial charge is 0.330 e. The van der Waals surface area contributed by atoms with Gasteiger partial charge in [0.1, 0.15) is 0 Å². The average molecular weight is 432 g/mol. The summed E-state index contributed by atoms with van der Waals surface area (Å²) in [6.07, 6.45) is 15.0. The standard InChI is InChI=1S/C29H41N3/c1-2-3-16-25-17-15-18-26(23-25)29-24-27(31-32(29)28-20-12-10-13-21-28)19-11-8-6-4-5-7-9-14-22-30/h10,12-13,15,17-18,20-21,23-24H,2-9,11,14,16,19,22,30H2,1H3. The maximum absolute atomic E-state index is 5.57. The van der Waals surface area contributed by atoms with Crippen molar-refractivity contribution in [2.24, 2.45) is 5.73 Å². The van der Waals surface area contributed by atoms with Crippen molar-refractivity contribution in [1.29, 1.82) is 0 Å². The van der Waals surface area contributed by atoms with Gasteiger partial charge in [-0.2, -0.15) is 5.10 Å². The molecule has 1 heterocycles. The van der Waals surface area contributed by atoms with Crippen LogP contribution in [-0.4, -0.2) is 16.3 Å². The van der Waals surface area contributed by atoms with Gasteiger partial charge in [0.2, 0.25) is 0 Å². The van der Waals surface area contributed by atoms with Crippen molar-refractivity contribution in [2.75, 3.05) is 6.54 Å². The lowest BCUT2D eigenvalue weighted by Crippen LogP contribution is -2.00. The van der Waals surface area contributed by atoms with Gasteiger partial charge in [0, 0.05) is 5.56 Å². The first-order valence-electron chi connectivity index (χ1n) is 12.8. The molecule has 0 spiro atoms. The summed E-state index contributed by atoms with van der Waals surface area (Å²) in [6.45, 7) is 3.09. The number of unbranched alkanes of at least 4 members (excludes halogenated alkanes) is 8. The van der Waals surface area contributed by atoms with E-state index >= 15 is 0 Å². The van der Waals surface area contributed by atoms with E-state index in [1.54, 1.807) is 0 Å². The van der Waals surface area contributed by atoms with Crippen LogP contribution < -0.4 is 5.73 Å². The Morgan fingerprint density at radius 1 is 0.719 bits per heavy atom. The molecule has 32 heavy (non-hydrogen) atoms. The van der Waals surface area contributed by atoms with Crippen molar-refractivity contribution in [2.45, 2.75) is 84.0 Å². The molecule has 2 N–H and O–H groups in total. The molecule has 0 unspecified atom stereocenters. The van der Waals surface area contributed by atoms with E-state index in [9.17, 15) is 0 Å². The molecule has 0 bridgehead atoms. The normalized spacial score (nSPS) is 11.2. The van der Waals surface area contributed by atoms with Gasteiger partial charge in [-0.1, -0.05) is 88.3 Å². The molecule has 172 valence electrons. The molecule has 0 atom stereocenters.